The van der Waals surface area contributed by atoms with Crippen LogP contribution in [0, 0.1) is 5.92 Å². The number of nitrogens with one attached hydrogen (secondary N) is 9. The Morgan fingerprint density at radius 3 is 1.34 bits per heavy atom. The van der Waals surface area contributed by atoms with Gasteiger partial charge in [0.25, 0.3) is 0 Å². The first-order valence-electron chi connectivity index (χ1n) is 25.5. The van der Waals surface area contributed by atoms with Crippen LogP contribution in [0.1, 0.15) is 110 Å². The first-order valence-corrected chi connectivity index (χ1v) is 26.9. The zero-order chi connectivity index (χ0) is 54.7. The molecule has 22 heteroatoms. The maximum Gasteiger partial charge on any atom is 0.243 e. The van der Waals surface area contributed by atoms with Crippen LogP contribution in [0.25, 0.3) is 0 Å². The van der Waals surface area contributed by atoms with Crippen molar-refractivity contribution in [2.45, 2.75) is 166 Å². The van der Waals surface area contributed by atoms with E-state index in [1.807, 2.05) is 13.2 Å². The highest BCUT2D eigenvalue weighted by atomic mass is 32.2. The number of benzene rings is 2. The number of carbonyl (C=O) groups excluding carboxylic acids is 10. The third-order valence-electron chi connectivity index (χ3n) is 12.7. The number of unbranched alkanes of at least 4 members (excludes halogenated alkanes) is 1. The summed E-state index contributed by atoms with van der Waals surface area (Å²) in [6.45, 7) is 7.29. The molecule has 2 aromatic rings. The SMILES string of the molecule is CCCC[C@H](NC(=O)[C@@H](Cc1ccccc1)NC(=O)[C@H](Cc1ccccc1)NC(=O)[C@H](C)NC(=O)[C@H](C)NC(=O)[C@@H](CC1CCCCC1)NC(=O)[C@@H](C)NC(=O)[C@H](C)NC(=O)[C@H](CCSC)NC(=O)CN)C(N)=O. The van der Waals surface area contributed by atoms with E-state index in [-0.39, 0.29) is 31.7 Å². The van der Waals surface area contributed by atoms with E-state index in [1.54, 1.807) is 60.7 Å². The lowest BCUT2D eigenvalue weighted by Gasteiger charge is -2.29. The summed E-state index contributed by atoms with van der Waals surface area (Å²) in [6, 6.07) is 7.71. The van der Waals surface area contributed by atoms with Gasteiger partial charge in [0.05, 0.1) is 6.54 Å². The molecule has 74 heavy (non-hydrogen) atoms. The molecule has 0 bridgehead atoms. The second-order valence-corrected chi connectivity index (χ2v) is 19.9. The fourth-order valence-electron chi connectivity index (χ4n) is 8.26. The van der Waals surface area contributed by atoms with Crippen molar-refractivity contribution in [1.29, 1.82) is 0 Å². The van der Waals surface area contributed by atoms with Crippen molar-refractivity contribution in [3.63, 3.8) is 0 Å². The van der Waals surface area contributed by atoms with E-state index < -0.39 is 113 Å². The minimum Gasteiger partial charge on any atom is -0.368 e. The van der Waals surface area contributed by atoms with Gasteiger partial charge in [0.2, 0.25) is 59.1 Å². The van der Waals surface area contributed by atoms with Gasteiger partial charge in [0.1, 0.15) is 54.4 Å². The third-order valence-corrected chi connectivity index (χ3v) is 13.4. The molecule has 0 radical (unpaired) electrons. The molecule has 1 aliphatic carbocycles. The molecule has 1 fully saturated rings. The maximum atomic E-state index is 14.2. The highest BCUT2D eigenvalue weighted by Crippen LogP contribution is 2.27. The van der Waals surface area contributed by atoms with E-state index in [9.17, 15) is 47.9 Å². The van der Waals surface area contributed by atoms with Crippen molar-refractivity contribution in [2.24, 2.45) is 17.4 Å². The van der Waals surface area contributed by atoms with Gasteiger partial charge in [-0.25, -0.2) is 0 Å². The van der Waals surface area contributed by atoms with E-state index in [4.69, 9.17) is 11.5 Å². The average molecular weight is 1050 g/mol. The molecule has 0 saturated heterocycles. The summed E-state index contributed by atoms with van der Waals surface area (Å²) in [5.74, 6) is -6.07. The zero-order valence-corrected chi connectivity index (χ0v) is 44.4. The van der Waals surface area contributed by atoms with Crippen LogP contribution in [0.5, 0.6) is 0 Å². The van der Waals surface area contributed by atoms with Crippen molar-refractivity contribution in [3.8, 4) is 0 Å². The van der Waals surface area contributed by atoms with Crippen molar-refractivity contribution >= 4 is 70.8 Å². The van der Waals surface area contributed by atoms with E-state index in [0.29, 0.717) is 30.6 Å². The normalized spacial score (nSPS) is 16.1. The summed E-state index contributed by atoms with van der Waals surface area (Å²) < 4.78 is 0. The lowest BCUT2D eigenvalue weighted by Crippen LogP contribution is -2.60. The van der Waals surface area contributed by atoms with Gasteiger partial charge in [-0.05, 0) is 76.0 Å². The highest BCUT2D eigenvalue weighted by Gasteiger charge is 2.34. The lowest BCUT2D eigenvalue weighted by atomic mass is 9.84. The Hall–Kier alpha value is -6.55. The van der Waals surface area contributed by atoms with Gasteiger partial charge < -0.3 is 59.3 Å². The number of carbonyl (C=O) groups is 10. The van der Waals surface area contributed by atoms with Crippen LogP contribution >= 0.6 is 11.8 Å². The van der Waals surface area contributed by atoms with Crippen molar-refractivity contribution in [3.05, 3.63) is 71.8 Å². The molecule has 9 atom stereocenters. The Morgan fingerprint density at radius 1 is 0.514 bits per heavy atom. The van der Waals surface area contributed by atoms with Crippen LogP contribution in [0.2, 0.25) is 0 Å². The van der Waals surface area contributed by atoms with Gasteiger partial charge in [-0.2, -0.15) is 11.8 Å². The van der Waals surface area contributed by atoms with E-state index in [1.165, 1.54) is 39.5 Å². The standard InChI is InChI=1S/C52H79N11O10S/c1-7-8-24-38(44(54)65)60-51(72)42(29-37-22-16-11-17-23-37)63-52(73)41(28-36-20-14-10-15-21-36)62-48(69)34(5)56-46(67)32(3)58-50(71)40(27-35-18-12-9-13-19-35)61-47(68)33(4)55-45(66)31(2)57-49(70)39(25-26-74-6)59-43(64)30-53/h10-11,14-17,20-23,31-35,38-42H,7-9,12-13,18-19,24-30,53H2,1-6H3,(H2,54,65)(H,55,66)(H,56,67)(H,57,70)(H,58,71)(H,59,64)(H,60,72)(H,61,68)(H,62,69)(H,63,73)/t31-,32-,33+,34-,38-,39-,40+,41-,42+/m0/s1. The molecule has 1 aliphatic rings. The maximum absolute atomic E-state index is 14.2. The Morgan fingerprint density at radius 2 is 0.905 bits per heavy atom. The first kappa shape index (κ1) is 61.7. The van der Waals surface area contributed by atoms with Crippen LogP contribution in [-0.2, 0) is 60.8 Å². The Kier molecular flexibility index (Phi) is 27.2. The highest BCUT2D eigenvalue weighted by molar-refractivity contribution is 7.98. The Labute approximate surface area is 438 Å². The van der Waals surface area contributed by atoms with Crippen LogP contribution in [0.3, 0.4) is 0 Å². The molecule has 2 aromatic carbocycles. The number of hydrogen-bond donors (Lipinski definition) is 11. The number of primary amides is 1. The lowest BCUT2D eigenvalue weighted by molar-refractivity contribution is -0.135. The fraction of sp³-hybridized carbons (Fsp3) is 0.577. The zero-order valence-electron chi connectivity index (χ0n) is 43.6. The molecule has 0 spiro atoms. The molecule has 0 unspecified atom stereocenters. The van der Waals surface area contributed by atoms with Gasteiger partial charge in [-0.1, -0.05) is 113 Å². The molecular formula is C52H79N11O10S. The molecule has 0 aromatic heterocycles. The summed E-state index contributed by atoms with van der Waals surface area (Å²) in [5.41, 5.74) is 12.4. The number of hydrogen-bond acceptors (Lipinski definition) is 12. The predicted octanol–water partition coefficient (Wildman–Crippen LogP) is 0.272. The third kappa shape index (κ3) is 21.9. The molecule has 1 saturated carbocycles. The van der Waals surface area contributed by atoms with Gasteiger partial charge in [0, 0.05) is 12.8 Å². The second-order valence-electron chi connectivity index (χ2n) is 18.9. The van der Waals surface area contributed by atoms with Crippen LogP contribution in [0.4, 0.5) is 0 Å². The topological polar surface area (TPSA) is 331 Å². The van der Waals surface area contributed by atoms with Crippen molar-refractivity contribution in [1.82, 2.24) is 47.9 Å². The summed E-state index contributed by atoms with van der Waals surface area (Å²) in [7, 11) is 0. The quantitative estimate of drug-likeness (QED) is 0.0485. The van der Waals surface area contributed by atoms with Crippen molar-refractivity contribution < 1.29 is 47.9 Å². The number of amides is 10. The number of thioether (sulfide) groups is 1. The molecule has 13 N–H and O–H groups in total. The Bertz CT molecular complexity index is 2180. The monoisotopic (exact) mass is 1050 g/mol. The van der Waals surface area contributed by atoms with E-state index in [0.717, 1.165) is 44.1 Å². The minimum atomic E-state index is -1.24. The predicted molar refractivity (Wildman–Crippen MR) is 282 cm³/mol. The molecule has 10 amide bonds. The van der Waals surface area contributed by atoms with Gasteiger partial charge in [0.15, 0.2) is 0 Å². The average Bonchev–Trinajstić information content (AvgIpc) is 3.38. The molecule has 0 aliphatic heterocycles. The van der Waals surface area contributed by atoms with Crippen molar-refractivity contribution in [2.75, 3.05) is 18.6 Å². The summed E-state index contributed by atoms with van der Waals surface area (Å²) in [6.07, 6.45) is 8.75. The molecule has 0 heterocycles. The Balaban J connectivity index is 1.71. The minimum absolute atomic E-state index is 0.00698. The summed E-state index contributed by atoms with van der Waals surface area (Å²) in [4.78, 5) is 133. The van der Waals surface area contributed by atoms with Crippen LogP contribution in [0.15, 0.2) is 60.7 Å². The largest absolute Gasteiger partial charge is 0.368 e. The molecule has 3 rings (SSSR count). The summed E-state index contributed by atoms with van der Waals surface area (Å²) in [5, 5.41) is 23.8. The number of rotatable bonds is 31. The summed E-state index contributed by atoms with van der Waals surface area (Å²) >= 11 is 1.47. The van der Waals surface area contributed by atoms with E-state index >= 15 is 0 Å². The van der Waals surface area contributed by atoms with Crippen LogP contribution in [-0.4, -0.2) is 132 Å². The smallest absolute Gasteiger partial charge is 0.243 e. The molecular weight excluding hydrogens is 971 g/mol. The van der Waals surface area contributed by atoms with Crippen LogP contribution < -0.4 is 59.3 Å². The van der Waals surface area contributed by atoms with Gasteiger partial charge in [-0.15, -0.1) is 0 Å². The molecule has 21 nitrogen and oxygen atoms in total. The second kappa shape index (κ2) is 32.6. The van der Waals surface area contributed by atoms with E-state index in [2.05, 4.69) is 47.9 Å². The van der Waals surface area contributed by atoms with Gasteiger partial charge in [-0.3, -0.25) is 47.9 Å². The first-order chi connectivity index (χ1) is 35.3. The molecule has 408 valence electrons. The fourth-order valence-corrected chi connectivity index (χ4v) is 8.73. The van der Waals surface area contributed by atoms with Gasteiger partial charge >= 0.3 is 0 Å². The number of nitrogens with two attached hydrogens (primary N) is 2.